The van der Waals surface area contributed by atoms with Gasteiger partial charge >= 0.3 is 6.01 Å². The van der Waals surface area contributed by atoms with Gasteiger partial charge in [-0.05, 0) is 5.92 Å². The molecular weight excluding hydrogens is 256 g/mol. The highest BCUT2D eigenvalue weighted by Crippen LogP contribution is 2.10. The van der Waals surface area contributed by atoms with Crippen molar-refractivity contribution >= 4 is 23.5 Å². The Labute approximate surface area is 112 Å². The Morgan fingerprint density at radius 1 is 1.50 bits per heavy atom. The number of anilines is 1. The van der Waals surface area contributed by atoms with Gasteiger partial charge in [0.15, 0.2) is 0 Å². The Balaban J connectivity index is 2.43. The fourth-order valence-corrected chi connectivity index (χ4v) is 1.40. The van der Waals surface area contributed by atoms with Crippen LogP contribution in [0.1, 0.15) is 19.7 Å². The van der Waals surface area contributed by atoms with Crippen molar-refractivity contribution in [1.29, 1.82) is 0 Å². The SMILES string of the molecule is CC(C)CNC(=O)CN(C)c1nnc(CCCl)o1. The molecule has 0 atom stereocenters. The molecule has 1 heterocycles. The number of nitrogens with zero attached hydrogens (tertiary/aromatic N) is 3. The molecule has 1 aromatic rings. The summed E-state index contributed by atoms with van der Waals surface area (Å²) in [6.07, 6.45) is 0.530. The summed E-state index contributed by atoms with van der Waals surface area (Å²) in [5, 5.41) is 10.5. The molecule has 1 rings (SSSR count). The Morgan fingerprint density at radius 2 is 2.22 bits per heavy atom. The minimum atomic E-state index is -0.0664. The van der Waals surface area contributed by atoms with Gasteiger partial charge in [-0.1, -0.05) is 18.9 Å². The van der Waals surface area contributed by atoms with Crippen LogP contribution in [0.25, 0.3) is 0 Å². The van der Waals surface area contributed by atoms with E-state index in [4.69, 9.17) is 16.0 Å². The Morgan fingerprint density at radius 3 is 2.83 bits per heavy atom. The summed E-state index contributed by atoms with van der Waals surface area (Å²) in [5.41, 5.74) is 0. The number of aromatic nitrogens is 2. The summed E-state index contributed by atoms with van der Waals surface area (Å²) >= 11 is 5.57. The fraction of sp³-hybridized carbons (Fsp3) is 0.727. The molecule has 18 heavy (non-hydrogen) atoms. The summed E-state index contributed by atoms with van der Waals surface area (Å²) in [6.45, 7) is 4.93. The van der Waals surface area contributed by atoms with Crippen molar-refractivity contribution < 1.29 is 9.21 Å². The minimum Gasteiger partial charge on any atom is -0.408 e. The number of carbonyl (C=O) groups excluding carboxylic acids is 1. The molecule has 1 aromatic heterocycles. The molecule has 7 heteroatoms. The molecule has 1 amide bonds. The lowest BCUT2D eigenvalue weighted by Gasteiger charge is -2.14. The van der Waals surface area contributed by atoms with E-state index >= 15 is 0 Å². The molecule has 0 saturated carbocycles. The lowest BCUT2D eigenvalue weighted by atomic mass is 10.2. The van der Waals surface area contributed by atoms with E-state index in [0.29, 0.717) is 36.7 Å². The van der Waals surface area contributed by atoms with E-state index in [0.717, 1.165) is 0 Å². The summed E-state index contributed by atoms with van der Waals surface area (Å²) in [6, 6.07) is 0.329. The number of hydrogen-bond donors (Lipinski definition) is 1. The topological polar surface area (TPSA) is 71.3 Å². The normalized spacial score (nSPS) is 10.7. The third kappa shape index (κ3) is 4.91. The van der Waals surface area contributed by atoms with Crippen LogP contribution in [0.2, 0.25) is 0 Å². The second-order valence-corrected chi connectivity index (χ2v) is 4.85. The maximum absolute atomic E-state index is 11.6. The zero-order valence-electron chi connectivity index (χ0n) is 10.9. The monoisotopic (exact) mass is 274 g/mol. The minimum absolute atomic E-state index is 0.0664. The average Bonchev–Trinajstić information content (AvgIpc) is 2.75. The summed E-state index contributed by atoms with van der Waals surface area (Å²) in [5.74, 6) is 1.27. The molecule has 0 aliphatic rings. The highest BCUT2D eigenvalue weighted by molar-refractivity contribution is 6.17. The van der Waals surface area contributed by atoms with Crippen molar-refractivity contribution in [3.63, 3.8) is 0 Å². The fourth-order valence-electron chi connectivity index (χ4n) is 1.24. The Hall–Kier alpha value is -1.30. The van der Waals surface area contributed by atoms with Gasteiger partial charge < -0.3 is 14.6 Å². The molecule has 102 valence electrons. The smallest absolute Gasteiger partial charge is 0.318 e. The highest BCUT2D eigenvalue weighted by atomic mass is 35.5. The first kappa shape index (κ1) is 14.8. The van der Waals surface area contributed by atoms with Gasteiger partial charge in [-0.3, -0.25) is 4.79 Å². The van der Waals surface area contributed by atoms with Gasteiger partial charge in [0.25, 0.3) is 0 Å². The quantitative estimate of drug-likeness (QED) is 0.753. The average molecular weight is 275 g/mol. The molecule has 0 spiro atoms. The third-order valence-corrected chi connectivity index (χ3v) is 2.37. The lowest BCUT2D eigenvalue weighted by Crippen LogP contribution is -2.37. The van der Waals surface area contributed by atoms with Gasteiger partial charge in [0, 0.05) is 25.9 Å². The first-order valence-electron chi connectivity index (χ1n) is 5.89. The standard InChI is InChI=1S/C11H19ClN4O2/c1-8(2)6-13-9(17)7-16(3)11-15-14-10(18-11)4-5-12/h8H,4-7H2,1-3H3,(H,13,17). The van der Waals surface area contributed by atoms with Gasteiger partial charge in [-0.15, -0.1) is 16.7 Å². The van der Waals surface area contributed by atoms with E-state index in [9.17, 15) is 4.79 Å². The molecule has 0 aromatic carbocycles. The first-order valence-corrected chi connectivity index (χ1v) is 6.42. The molecule has 0 aliphatic heterocycles. The number of likely N-dealkylation sites (N-methyl/N-ethyl adjacent to an activating group) is 1. The lowest BCUT2D eigenvalue weighted by molar-refractivity contribution is -0.119. The van der Waals surface area contributed by atoms with Crippen LogP contribution in [0.4, 0.5) is 6.01 Å². The molecule has 1 N–H and O–H groups in total. The predicted octanol–water partition coefficient (Wildman–Crippen LogP) is 1.06. The highest BCUT2D eigenvalue weighted by Gasteiger charge is 2.13. The van der Waals surface area contributed by atoms with Gasteiger partial charge in [0.2, 0.25) is 11.8 Å². The van der Waals surface area contributed by atoms with Crippen molar-refractivity contribution in [3.8, 4) is 0 Å². The van der Waals surface area contributed by atoms with Crippen molar-refractivity contribution in [3.05, 3.63) is 5.89 Å². The number of aryl methyl sites for hydroxylation is 1. The van der Waals surface area contributed by atoms with Crippen molar-refractivity contribution in [2.45, 2.75) is 20.3 Å². The summed E-state index contributed by atoms with van der Waals surface area (Å²) < 4.78 is 5.35. The van der Waals surface area contributed by atoms with Crippen LogP contribution < -0.4 is 10.2 Å². The van der Waals surface area contributed by atoms with E-state index in [1.54, 1.807) is 11.9 Å². The molecular formula is C11H19ClN4O2. The number of carbonyl (C=O) groups is 1. The second-order valence-electron chi connectivity index (χ2n) is 4.47. The third-order valence-electron chi connectivity index (χ3n) is 2.18. The van der Waals surface area contributed by atoms with Gasteiger partial charge in [0.05, 0.1) is 0 Å². The second kappa shape index (κ2) is 7.20. The van der Waals surface area contributed by atoms with Gasteiger partial charge in [0.1, 0.15) is 6.54 Å². The maximum atomic E-state index is 11.6. The number of hydrogen-bond acceptors (Lipinski definition) is 5. The Bertz CT molecular complexity index is 381. The van der Waals surface area contributed by atoms with Crippen LogP contribution in [0, 0.1) is 5.92 Å². The molecule has 0 aliphatic carbocycles. The molecule has 0 saturated heterocycles. The zero-order valence-corrected chi connectivity index (χ0v) is 11.7. The van der Waals surface area contributed by atoms with Crippen LogP contribution in [0.3, 0.4) is 0 Å². The summed E-state index contributed by atoms with van der Waals surface area (Å²) in [4.78, 5) is 13.2. The molecule has 0 radical (unpaired) electrons. The zero-order chi connectivity index (χ0) is 13.5. The van der Waals surface area contributed by atoms with E-state index in [-0.39, 0.29) is 12.5 Å². The number of nitrogens with one attached hydrogen (secondary N) is 1. The van der Waals surface area contributed by atoms with Crippen LogP contribution in [-0.2, 0) is 11.2 Å². The molecule has 0 bridgehead atoms. The number of rotatable bonds is 7. The number of alkyl halides is 1. The maximum Gasteiger partial charge on any atom is 0.318 e. The largest absolute Gasteiger partial charge is 0.408 e. The van der Waals surface area contributed by atoms with Crippen LogP contribution in [0.5, 0.6) is 0 Å². The molecule has 6 nitrogen and oxygen atoms in total. The van der Waals surface area contributed by atoms with Gasteiger partial charge in [-0.2, -0.15) is 0 Å². The summed E-state index contributed by atoms with van der Waals surface area (Å²) in [7, 11) is 1.73. The van der Waals surface area contributed by atoms with Crippen molar-refractivity contribution in [1.82, 2.24) is 15.5 Å². The van der Waals surface area contributed by atoms with Crippen molar-refractivity contribution in [2.24, 2.45) is 5.92 Å². The molecule has 0 fully saturated rings. The predicted molar refractivity (Wildman–Crippen MR) is 69.8 cm³/mol. The van der Waals surface area contributed by atoms with E-state index in [1.165, 1.54) is 0 Å². The Kier molecular flexibility index (Phi) is 5.91. The van der Waals surface area contributed by atoms with Crippen molar-refractivity contribution in [2.75, 3.05) is 30.9 Å². The van der Waals surface area contributed by atoms with Crippen LogP contribution in [-0.4, -0.2) is 42.1 Å². The van der Waals surface area contributed by atoms with E-state index < -0.39 is 0 Å². The van der Waals surface area contributed by atoms with E-state index in [1.807, 2.05) is 13.8 Å². The van der Waals surface area contributed by atoms with Gasteiger partial charge in [-0.25, -0.2) is 0 Å². The molecule has 0 unspecified atom stereocenters. The first-order chi connectivity index (χ1) is 8.52. The van der Waals surface area contributed by atoms with Crippen LogP contribution in [0.15, 0.2) is 4.42 Å². The number of halogens is 1. The number of amides is 1. The van der Waals surface area contributed by atoms with Crippen LogP contribution >= 0.6 is 11.6 Å². The van der Waals surface area contributed by atoms with E-state index in [2.05, 4.69) is 15.5 Å².